The Kier molecular flexibility index (Phi) is 3.31. The molecule has 0 saturated heterocycles. The highest BCUT2D eigenvalue weighted by molar-refractivity contribution is 9.09. The molecular formula is C10H12BrFO. The van der Waals surface area contributed by atoms with Crippen molar-refractivity contribution in [2.45, 2.75) is 12.6 Å². The Hall–Kier alpha value is -0.570. The minimum atomic E-state index is -1.31. The molecule has 0 heterocycles. The van der Waals surface area contributed by atoms with Crippen LogP contribution in [-0.2, 0) is 5.67 Å². The standard InChI is InChI=1S/C10H12BrFO/c1-10(12,7-11)8-3-5-9(13-2)6-4-8/h3-6H,7H2,1-2H3/t10-/m0/s1. The normalized spacial score (nSPS) is 15.1. The Morgan fingerprint density at radius 1 is 1.38 bits per heavy atom. The number of alkyl halides is 2. The lowest BCUT2D eigenvalue weighted by atomic mass is 10.0. The van der Waals surface area contributed by atoms with Crippen LogP contribution >= 0.6 is 15.9 Å². The summed E-state index contributed by atoms with van der Waals surface area (Å²) in [6, 6.07) is 6.99. The summed E-state index contributed by atoms with van der Waals surface area (Å²) in [5, 5.41) is 0.298. The molecule has 72 valence electrons. The van der Waals surface area contributed by atoms with Crippen molar-refractivity contribution in [3.8, 4) is 5.75 Å². The maximum absolute atomic E-state index is 13.7. The van der Waals surface area contributed by atoms with Gasteiger partial charge in [0.15, 0.2) is 0 Å². The van der Waals surface area contributed by atoms with Gasteiger partial charge >= 0.3 is 0 Å². The highest BCUT2D eigenvalue weighted by atomic mass is 79.9. The van der Waals surface area contributed by atoms with Crippen LogP contribution in [0.5, 0.6) is 5.75 Å². The topological polar surface area (TPSA) is 9.23 Å². The van der Waals surface area contributed by atoms with E-state index in [-0.39, 0.29) is 0 Å². The van der Waals surface area contributed by atoms with Crippen molar-refractivity contribution in [2.75, 3.05) is 12.4 Å². The molecule has 0 aliphatic heterocycles. The zero-order valence-electron chi connectivity index (χ0n) is 7.68. The highest BCUT2D eigenvalue weighted by Gasteiger charge is 2.23. The summed E-state index contributed by atoms with van der Waals surface area (Å²) in [4.78, 5) is 0. The van der Waals surface area contributed by atoms with Crippen molar-refractivity contribution in [1.29, 1.82) is 0 Å². The molecule has 0 aliphatic rings. The minimum absolute atomic E-state index is 0.298. The van der Waals surface area contributed by atoms with Gasteiger partial charge < -0.3 is 4.74 Å². The van der Waals surface area contributed by atoms with Crippen molar-refractivity contribution >= 4 is 15.9 Å². The van der Waals surface area contributed by atoms with Gasteiger partial charge in [0, 0.05) is 5.33 Å². The van der Waals surface area contributed by atoms with Crippen LogP contribution < -0.4 is 4.74 Å². The molecule has 0 amide bonds. The summed E-state index contributed by atoms with van der Waals surface area (Å²) in [6.45, 7) is 1.55. The minimum Gasteiger partial charge on any atom is -0.497 e. The van der Waals surface area contributed by atoms with Crippen LogP contribution in [0, 0.1) is 0 Å². The molecule has 0 spiro atoms. The molecule has 0 saturated carbocycles. The third kappa shape index (κ3) is 2.44. The van der Waals surface area contributed by atoms with Crippen molar-refractivity contribution in [2.24, 2.45) is 0 Å². The Morgan fingerprint density at radius 2 is 1.92 bits per heavy atom. The second-order valence-corrected chi connectivity index (χ2v) is 3.62. The average molecular weight is 247 g/mol. The Bertz CT molecular complexity index is 269. The molecule has 1 nitrogen and oxygen atoms in total. The van der Waals surface area contributed by atoms with Gasteiger partial charge in [0.1, 0.15) is 11.4 Å². The smallest absolute Gasteiger partial charge is 0.142 e. The quantitative estimate of drug-likeness (QED) is 0.745. The molecule has 0 bridgehead atoms. The van der Waals surface area contributed by atoms with E-state index in [0.717, 1.165) is 5.75 Å². The largest absolute Gasteiger partial charge is 0.497 e. The van der Waals surface area contributed by atoms with Gasteiger partial charge in [0.2, 0.25) is 0 Å². The summed E-state index contributed by atoms with van der Waals surface area (Å²) in [6.07, 6.45) is 0. The number of rotatable bonds is 3. The fraction of sp³-hybridized carbons (Fsp3) is 0.400. The van der Waals surface area contributed by atoms with Gasteiger partial charge in [-0.3, -0.25) is 0 Å². The maximum Gasteiger partial charge on any atom is 0.142 e. The zero-order chi connectivity index (χ0) is 9.90. The maximum atomic E-state index is 13.7. The average Bonchev–Trinajstić information content (AvgIpc) is 2.18. The lowest BCUT2D eigenvalue weighted by molar-refractivity contribution is 0.230. The van der Waals surface area contributed by atoms with Crippen molar-refractivity contribution in [3.63, 3.8) is 0 Å². The second-order valence-electron chi connectivity index (χ2n) is 3.06. The van der Waals surface area contributed by atoms with Crippen LogP contribution in [0.3, 0.4) is 0 Å². The first-order valence-corrected chi connectivity index (χ1v) is 5.12. The van der Waals surface area contributed by atoms with E-state index in [9.17, 15) is 4.39 Å². The monoisotopic (exact) mass is 246 g/mol. The Morgan fingerprint density at radius 3 is 2.31 bits per heavy atom. The van der Waals surface area contributed by atoms with Gasteiger partial charge in [-0.25, -0.2) is 4.39 Å². The number of halogens is 2. The predicted octanol–water partition coefficient (Wildman–Crippen LogP) is 3.27. The fourth-order valence-corrected chi connectivity index (χ4v) is 1.34. The zero-order valence-corrected chi connectivity index (χ0v) is 9.27. The van der Waals surface area contributed by atoms with Gasteiger partial charge in [0.05, 0.1) is 7.11 Å². The van der Waals surface area contributed by atoms with E-state index >= 15 is 0 Å². The van der Waals surface area contributed by atoms with Crippen molar-refractivity contribution in [1.82, 2.24) is 0 Å². The Balaban J connectivity index is 2.92. The number of hydrogen-bond donors (Lipinski definition) is 0. The molecule has 0 fully saturated rings. The SMILES string of the molecule is COc1ccc([C@@](C)(F)CBr)cc1. The first-order chi connectivity index (χ1) is 6.10. The number of hydrogen-bond acceptors (Lipinski definition) is 1. The van der Waals surface area contributed by atoms with E-state index in [1.165, 1.54) is 0 Å². The third-order valence-electron chi connectivity index (χ3n) is 1.94. The van der Waals surface area contributed by atoms with Crippen LogP contribution in [-0.4, -0.2) is 12.4 Å². The molecule has 0 aliphatic carbocycles. The first-order valence-electron chi connectivity index (χ1n) is 3.99. The van der Waals surface area contributed by atoms with Gasteiger partial charge in [0.25, 0.3) is 0 Å². The summed E-state index contributed by atoms with van der Waals surface area (Å²) in [5.41, 5.74) is -0.656. The summed E-state index contributed by atoms with van der Waals surface area (Å²) < 4.78 is 18.7. The van der Waals surface area contributed by atoms with Crippen molar-refractivity contribution in [3.05, 3.63) is 29.8 Å². The molecule has 0 aromatic heterocycles. The first kappa shape index (κ1) is 10.5. The fourth-order valence-electron chi connectivity index (χ4n) is 1.02. The molecule has 1 atom stereocenters. The van der Waals surface area contributed by atoms with Gasteiger partial charge in [-0.2, -0.15) is 0 Å². The predicted molar refractivity (Wildman–Crippen MR) is 55.2 cm³/mol. The van der Waals surface area contributed by atoms with E-state index in [1.807, 2.05) is 0 Å². The molecule has 13 heavy (non-hydrogen) atoms. The summed E-state index contributed by atoms with van der Waals surface area (Å²) >= 11 is 3.14. The van der Waals surface area contributed by atoms with E-state index in [1.54, 1.807) is 38.3 Å². The molecule has 1 aromatic carbocycles. The van der Waals surface area contributed by atoms with Crippen LogP contribution in [0.4, 0.5) is 4.39 Å². The van der Waals surface area contributed by atoms with Crippen LogP contribution in [0.25, 0.3) is 0 Å². The Labute approximate surface area is 86.0 Å². The third-order valence-corrected chi connectivity index (χ3v) is 3.00. The summed E-state index contributed by atoms with van der Waals surface area (Å²) in [7, 11) is 1.59. The lowest BCUT2D eigenvalue weighted by Crippen LogP contribution is -2.16. The molecule has 0 unspecified atom stereocenters. The van der Waals surface area contributed by atoms with Gasteiger partial charge in [-0.15, -0.1) is 0 Å². The summed E-state index contributed by atoms with van der Waals surface area (Å²) in [5.74, 6) is 0.745. The van der Waals surface area contributed by atoms with E-state index < -0.39 is 5.67 Å². The number of benzene rings is 1. The van der Waals surface area contributed by atoms with E-state index in [2.05, 4.69) is 15.9 Å². The molecule has 3 heteroatoms. The second kappa shape index (κ2) is 4.09. The molecular weight excluding hydrogens is 235 g/mol. The van der Waals surface area contributed by atoms with E-state index in [0.29, 0.717) is 10.9 Å². The number of methoxy groups -OCH3 is 1. The van der Waals surface area contributed by atoms with Gasteiger partial charge in [-0.05, 0) is 24.6 Å². The van der Waals surface area contributed by atoms with Crippen LogP contribution in [0.2, 0.25) is 0 Å². The van der Waals surface area contributed by atoms with Crippen LogP contribution in [0.15, 0.2) is 24.3 Å². The van der Waals surface area contributed by atoms with Gasteiger partial charge in [-0.1, -0.05) is 28.1 Å². The number of ether oxygens (including phenoxy) is 1. The highest BCUT2D eigenvalue weighted by Crippen LogP contribution is 2.28. The molecule has 0 N–H and O–H groups in total. The van der Waals surface area contributed by atoms with E-state index in [4.69, 9.17) is 4.74 Å². The van der Waals surface area contributed by atoms with Crippen LogP contribution in [0.1, 0.15) is 12.5 Å². The lowest BCUT2D eigenvalue weighted by Gasteiger charge is -2.17. The molecule has 1 rings (SSSR count). The molecule has 1 aromatic rings. The van der Waals surface area contributed by atoms with Crippen molar-refractivity contribution < 1.29 is 9.13 Å². The molecule has 0 radical (unpaired) electrons.